The van der Waals surface area contributed by atoms with Crippen molar-refractivity contribution in [3.8, 4) is 0 Å². The van der Waals surface area contributed by atoms with E-state index in [1.165, 1.54) is 11.3 Å². The molecule has 0 fully saturated rings. The normalized spacial score (nSPS) is 12.9. The van der Waals surface area contributed by atoms with Gasteiger partial charge in [-0.3, -0.25) is 9.36 Å². The number of hydrogen-bond acceptors (Lipinski definition) is 3. The van der Waals surface area contributed by atoms with Gasteiger partial charge in [-0.05, 0) is 38.9 Å². The van der Waals surface area contributed by atoms with Crippen LogP contribution in [0.2, 0.25) is 0 Å². The van der Waals surface area contributed by atoms with E-state index in [2.05, 4.69) is 34.7 Å². The molecule has 1 atom stereocenters. The smallest absolute Gasteiger partial charge is 0.0597 e. The van der Waals surface area contributed by atoms with Gasteiger partial charge in [0.25, 0.3) is 0 Å². The van der Waals surface area contributed by atoms with Gasteiger partial charge in [0.2, 0.25) is 0 Å². The Morgan fingerprint density at radius 1 is 1.44 bits per heavy atom. The first-order valence-electron chi connectivity index (χ1n) is 6.33. The number of likely N-dealkylation sites (N-methyl/N-ethyl adjacent to an activating group) is 1. The molecule has 0 aliphatic rings. The Balaban J connectivity index is 2.16. The van der Waals surface area contributed by atoms with Gasteiger partial charge in [0, 0.05) is 19.8 Å². The van der Waals surface area contributed by atoms with Gasteiger partial charge in [0.15, 0.2) is 0 Å². The van der Waals surface area contributed by atoms with E-state index >= 15 is 0 Å². The molecule has 2 heterocycles. The monoisotopic (exact) mass is 247 g/mol. The Morgan fingerprint density at radius 2 is 2.22 bits per heavy atom. The number of aromatic nitrogens is 4. The number of nitrogens with one attached hydrogen (secondary N) is 1. The minimum absolute atomic E-state index is 0.269. The van der Waals surface area contributed by atoms with Gasteiger partial charge in [-0.25, -0.2) is 0 Å². The van der Waals surface area contributed by atoms with Crippen LogP contribution in [0.25, 0.3) is 0 Å². The molecule has 5 heteroatoms. The topological polar surface area (TPSA) is 47.7 Å². The molecule has 98 valence electrons. The van der Waals surface area contributed by atoms with E-state index in [0.717, 1.165) is 18.7 Å². The van der Waals surface area contributed by atoms with Gasteiger partial charge in [-0.1, -0.05) is 0 Å². The van der Waals surface area contributed by atoms with Crippen molar-refractivity contribution in [2.45, 2.75) is 32.9 Å². The molecular weight excluding hydrogens is 226 g/mol. The van der Waals surface area contributed by atoms with Crippen molar-refractivity contribution < 1.29 is 0 Å². The zero-order valence-electron chi connectivity index (χ0n) is 11.5. The molecule has 0 aliphatic carbocycles. The summed E-state index contributed by atoms with van der Waals surface area (Å²) >= 11 is 0. The van der Waals surface area contributed by atoms with Crippen LogP contribution in [-0.4, -0.2) is 26.6 Å². The summed E-state index contributed by atoms with van der Waals surface area (Å²) in [7, 11) is 3.97. The number of hydrogen-bond donors (Lipinski definition) is 1. The predicted octanol–water partition coefficient (Wildman–Crippen LogP) is 1.45. The first-order valence-corrected chi connectivity index (χ1v) is 6.33. The summed E-state index contributed by atoms with van der Waals surface area (Å²) in [6, 6.07) is 2.40. The first kappa shape index (κ1) is 12.8. The Bertz CT molecular complexity index is 511. The van der Waals surface area contributed by atoms with Crippen LogP contribution < -0.4 is 5.32 Å². The summed E-state index contributed by atoms with van der Waals surface area (Å²) in [5.41, 5.74) is 3.51. The van der Waals surface area contributed by atoms with Crippen LogP contribution in [0.15, 0.2) is 18.5 Å². The van der Waals surface area contributed by atoms with Crippen LogP contribution >= 0.6 is 0 Å². The molecular formula is C13H21N5. The lowest BCUT2D eigenvalue weighted by atomic mass is 10.1. The van der Waals surface area contributed by atoms with Crippen LogP contribution in [0.1, 0.15) is 29.9 Å². The highest BCUT2D eigenvalue weighted by molar-refractivity contribution is 5.17. The third-order valence-electron chi connectivity index (χ3n) is 3.19. The maximum atomic E-state index is 4.40. The number of rotatable bonds is 5. The second-order valence-electron chi connectivity index (χ2n) is 4.58. The highest BCUT2D eigenvalue weighted by Crippen LogP contribution is 2.18. The lowest BCUT2D eigenvalue weighted by Gasteiger charge is -2.15. The van der Waals surface area contributed by atoms with Crippen molar-refractivity contribution in [2.75, 3.05) is 7.05 Å². The van der Waals surface area contributed by atoms with E-state index in [0.29, 0.717) is 0 Å². The van der Waals surface area contributed by atoms with E-state index in [9.17, 15) is 0 Å². The molecule has 0 spiro atoms. The van der Waals surface area contributed by atoms with Gasteiger partial charge in [0.05, 0.1) is 23.6 Å². The van der Waals surface area contributed by atoms with E-state index in [1.54, 1.807) is 0 Å². The summed E-state index contributed by atoms with van der Waals surface area (Å²) in [5.74, 6) is 0. The molecule has 5 nitrogen and oxygen atoms in total. The zero-order valence-corrected chi connectivity index (χ0v) is 11.5. The highest BCUT2D eigenvalue weighted by atomic mass is 15.3. The van der Waals surface area contributed by atoms with E-state index in [4.69, 9.17) is 0 Å². The summed E-state index contributed by atoms with van der Waals surface area (Å²) < 4.78 is 3.90. The van der Waals surface area contributed by atoms with Crippen LogP contribution in [0.4, 0.5) is 0 Å². The molecule has 0 aliphatic heterocycles. The third-order valence-corrected chi connectivity index (χ3v) is 3.19. The predicted molar refractivity (Wildman–Crippen MR) is 71.4 cm³/mol. The molecule has 1 unspecified atom stereocenters. The van der Waals surface area contributed by atoms with Crippen molar-refractivity contribution in [3.63, 3.8) is 0 Å². The van der Waals surface area contributed by atoms with Crippen LogP contribution in [0.3, 0.4) is 0 Å². The summed E-state index contributed by atoms with van der Waals surface area (Å²) in [6.07, 6.45) is 4.97. The van der Waals surface area contributed by atoms with Crippen molar-refractivity contribution in [1.29, 1.82) is 0 Å². The fourth-order valence-corrected chi connectivity index (χ4v) is 2.23. The second-order valence-corrected chi connectivity index (χ2v) is 4.58. The van der Waals surface area contributed by atoms with Gasteiger partial charge >= 0.3 is 0 Å². The van der Waals surface area contributed by atoms with Crippen LogP contribution in [0, 0.1) is 6.92 Å². The maximum absolute atomic E-state index is 4.40. The Morgan fingerprint density at radius 3 is 2.72 bits per heavy atom. The average Bonchev–Trinajstić information content (AvgIpc) is 2.92. The Kier molecular flexibility index (Phi) is 3.81. The standard InChI is InChI=1S/C13H21N5/c1-5-18-9-11(8-15-18)7-12(14-3)13-6-10(2)16-17(13)4/h6,8-9,12,14H,5,7H2,1-4H3. The minimum Gasteiger partial charge on any atom is -0.311 e. The van der Waals surface area contributed by atoms with Crippen LogP contribution in [0.5, 0.6) is 0 Å². The second kappa shape index (κ2) is 5.35. The third kappa shape index (κ3) is 2.61. The molecule has 2 rings (SSSR count). The molecule has 0 radical (unpaired) electrons. The fraction of sp³-hybridized carbons (Fsp3) is 0.538. The van der Waals surface area contributed by atoms with Gasteiger partial charge in [0.1, 0.15) is 0 Å². The number of aryl methyl sites for hydroxylation is 3. The molecule has 1 N–H and O–H groups in total. The minimum atomic E-state index is 0.269. The summed E-state index contributed by atoms with van der Waals surface area (Å²) in [4.78, 5) is 0. The molecule has 0 aromatic carbocycles. The lowest BCUT2D eigenvalue weighted by Crippen LogP contribution is -2.21. The molecule has 18 heavy (non-hydrogen) atoms. The molecule has 0 saturated heterocycles. The number of nitrogens with zero attached hydrogens (tertiary/aromatic N) is 4. The summed E-state index contributed by atoms with van der Waals surface area (Å²) in [5, 5.41) is 12.1. The van der Waals surface area contributed by atoms with E-state index in [1.807, 2.05) is 36.6 Å². The Labute approximate surface area is 108 Å². The van der Waals surface area contributed by atoms with Gasteiger partial charge < -0.3 is 5.32 Å². The van der Waals surface area contributed by atoms with Crippen molar-refractivity contribution >= 4 is 0 Å². The van der Waals surface area contributed by atoms with Gasteiger partial charge in [-0.2, -0.15) is 10.2 Å². The first-order chi connectivity index (χ1) is 8.63. The fourth-order valence-electron chi connectivity index (χ4n) is 2.23. The van der Waals surface area contributed by atoms with Crippen molar-refractivity contribution in [3.05, 3.63) is 35.4 Å². The van der Waals surface area contributed by atoms with E-state index < -0.39 is 0 Å². The zero-order chi connectivity index (χ0) is 13.1. The SMILES string of the molecule is CCn1cc(CC(NC)c2cc(C)nn2C)cn1. The van der Waals surface area contributed by atoms with Crippen LogP contribution in [-0.2, 0) is 20.0 Å². The molecule has 2 aromatic rings. The summed E-state index contributed by atoms with van der Waals surface area (Å²) in [6.45, 7) is 5.02. The maximum Gasteiger partial charge on any atom is 0.0597 e. The molecule has 0 saturated carbocycles. The molecule has 0 amide bonds. The average molecular weight is 247 g/mol. The van der Waals surface area contributed by atoms with Crippen molar-refractivity contribution in [2.24, 2.45) is 7.05 Å². The lowest BCUT2D eigenvalue weighted by molar-refractivity contribution is 0.536. The van der Waals surface area contributed by atoms with Gasteiger partial charge in [-0.15, -0.1) is 0 Å². The molecule has 2 aromatic heterocycles. The molecule has 0 bridgehead atoms. The van der Waals surface area contributed by atoms with E-state index in [-0.39, 0.29) is 6.04 Å². The highest BCUT2D eigenvalue weighted by Gasteiger charge is 2.15. The Hall–Kier alpha value is -1.62. The van der Waals surface area contributed by atoms with Crippen molar-refractivity contribution in [1.82, 2.24) is 24.9 Å². The quantitative estimate of drug-likeness (QED) is 0.870. The largest absolute Gasteiger partial charge is 0.311 e.